The minimum absolute atomic E-state index is 0.224. The highest BCUT2D eigenvalue weighted by molar-refractivity contribution is 5.86. The Hall–Kier alpha value is -1.14. The van der Waals surface area contributed by atoms with E-state index in [0.29, 0.717) is 19.8 Å². The van der Waals surface area contributed by atoms with E-state index < -0.39 is 18.1 Å². The Kier molecular flexibility index (Phi) is 5.21. The molecule has 1 saturated heterocycles. The normalized spacial score (nSPS) is 22.2. The van der Waals surface area contributed by atoms with E-state index in [1.807, 2.05) is 0 Å². The Morgan fingerprint density at radius 2 is 2.25 bits per heavy atom. The zero-order valence-electron chi connectivity index (χ0n) is 9.52. The van der Waals surface area contributed by atoms with Gasteiger partial charge in [-0.05, 0) is 13.8 Å². The van der Waals surface area contributed by atoms with Gasteiger partial charge in [-0.25, -0.2) is 4.79 Å². The van der Waals surface area contributed by atoms with E-state index >= 15 is 0 Å². The standard InChI is InChI=1S/C10H17NO5/c1-3-15-10(13)7(2)11-9(12)8-6-14-4-5-16-8/h7-8H,3-6H2,1-2H3,(H,11,12). The van der Waals surface area contributed by atoms with Crippen LogP contribution in [0.3, 0.4) is 0 Å². The fourth-order valence-electron chi connectivity index (χ4n) is 1.27. The minimum atomic E-state index is -0.669. The van der Waals surface area contributed by atoms with E-state index in [1.54, 1.807) is 13.8 Å². The van der Waals surface area contributed by atoms with Crippen LogP contribution in [0.1, 0.15) is 13.8 Å². The molecule has 16 heavy (non-hydrogen) atoms. The first-order valence-corrected chi connectivity index (χ1v) is 5.31. The lowest BCUT2D eigenvalue weighted by Crippen LogP contribution is -2.48. The van der Waals surface area contributed by atoms with Gasteiger partial charge < -0.3 is 19.5 Å². The summed E-state index contributed by atoms with van der Waals surface area (Å²) in [5.74, 6) is -0.798. The lowest BCUT2D eigenvalue weighted by Gasteiger charge is -2.23. The SMILES string of the molecule is CCOC(=O)C(C)NC(=O)C1COCCO1. The number of hydrogen-bond acceptors (Lipinski definition) is 5. The fraction of sp³-hybridized carbons (Fsp3) is 0.800. The van der Waals surface area contributed by atoms with Crippen molar-refractivity contribution in [2.45, 2.75) is 26.0 Å². The molecular weight excluding hydrogens is 214 g/mol. The van der Waals surface area contributed by atoms with Gasteiger partial charge >= 0.3 is 5.97 Å². The number of nitrogens with one attached hydrogen (secondary N) is 1. The lowest BCUT2D eigenvalue weighted by atomic mass is 10.2. The molecule has 1 aliphatic heterocycles. The zero-order valence-corrected chi connectivity index (χ0v) is 9.52. The molecule has 0 aromatic rings. The van der Waals surface area contributed by atoms with Crippen LogP contribution in [0.4, 0.5) is 0 Å². The summed E-state index contributed by atoms with van der Waals surface area (Å²) >= 11 is 0. The van der Waals surface area contributed by atoms with Crippen LogP contribution in [0.2, 0.25) is 0 Å². The highest BCUT2D eigenvalue weighted by Crippen LogP contribution is 2.01. The molecule has 1 aliphatic rings. The van der Waals surface area contributed by atoms with Gasteiger partial charge in [-0.2, -0.15) is 0 Å². The van der Waals surface area contributed by atoms with Gasteiger partial charge in [0.15, 0.2) is 6.10 Å². The molecule has 0 aromatic heterocycles. The summed E-state index contributed by atoms with van der Waals surface area (Å²) in [4.78, 5) is 22.8. The van der Waals surface area contributed by atoms with E-state index in [9.17, 15) is 9.59 Å². The monoisotopic (exact) mass is 231 g/mol. The maximum absolute atomic E-state index is 11.6. The molecule has 6 nitrogen and oxygen atoms in total. The number of rotatable bonds is 4. The van der Waals surface area contributed by atoms with E-state index in [1.165, 1.54) is 0 Å². The van der Waals surface area contributed by atoms with Gasteiger partial charge in [0.2, 0.25) is 0 Å². The van der Waals surface area contributed by atoms with Crippen molar-refractivity contribution in [1.29, 1.82) is 0 Å². The van der Waals surface area contributed by atoms with Gasteiger partial charge in [0.05, 0.1) is 26.4 Å². The van der Waals surface area contributed by atoms with Gasteiger partial charge in [-0.15, -0.1) is 0 Å². The summed E-state index contributed by atoms with van der Waals surface area (Å²) < 4.78 is 15.0. The number of carbonyl (C=O) groups excluding carboxylic acids is 2. The third kappa shape index (κ3) is 3.79. The van der Waals surface area contributed by atoms with E-state index in [2.05, 4.69) is 5.32 Å². The molecule has 92 valence electrons. The second-order valence-corrected chi connectivity index (χ2v) is 3.42. The van der Waals surface area contributed by atoms with Crippen molar-refractivity contribution in [2.75, 3.05) is 26.4 Å². The molecule has 1 heterocycles. The predicted molar refractivity (Wildman–Crippen MR) is 54.8 cm³/mol. The summed E-state index contributed by atoms with van der Waals surface area (Å²) in [6.45, 7) is 4.69. The van der Waals surface area contributed by atoms with Crippen molar-refractivity contribution in [3.05, 3.63) is 0 Å². The molecule has 0 radical (unpaired) electrons. The summed E-state index contributed by atoms with van der Waals surface area (Å²) in [6, 6.07) is -0.669. The third-order valence-corrected chi connectivity index (χ3v) is 2.11. The van der Waals surface area contributed by atoms with Gasteiger partial charge in [0, 0.05) is 0 Å². The molecule has 0 bridgehead atoms. The van der Waals surface area contributed by atoms with Crippen LogP contribution in [0.25, 0.3) is 0 Å². The Morgan fingerprint density at radius 1 is 1.50 bits per heavy atom. The molecule has 6 heteroatoms. The molecule has 1 fully saturated rings. The molecule has 0 aliphatic carbocycles. The van der Waals surface area contributed by atoms with Gasteiger partial charge in [-0.3, -0.25) is 4.79 Å². The predicted octanol–water partition coefficient (Wildman–Crippen LogP) is -0.530. The fourth-order valence-corrected chi connectivity index (χ4v) is 1.27. The molecule has 1 N–H and O–H groups in total. The maximum Gasteiger partial charge on any atom is 0.328 e. The number of ether oxygens (including phenoxy) is 3. The molecule has 1 amide bonds. The zero-order chi connectivity index (χ0) is 12.0. The van der Waals surface area contributed by atoms with Crippen molar-refractivity contribution in [1.82, 2.24) is 5.32 Å². The molecule has 0 saturated carbocycles. The average Bonchev–Trinajstić information content (AvgIpc) is 2.30. The van der Waals surface area contributed by atoms with Crippen molar-refractivity contribution in [3.63, 3.8) is 0 Å². The first-order chi connectivity index (χ1) is 7.65. The van der Waals surface area contributed by atoms with Crippen LogP contribution in [-0.4, -0.2) is 50.4 Å². The number of hydrogen-bond donors (Lipinski definition) is 1. The molecule has 0 spiro atoms. The highest BCUT2D eigenvalue weighted by atomic mass is 16.6. The van der Waals surface area contributed by atoms with E-state index in [-0.39, 0.29) is 12.5 Å². The Labute approximate surface area is 94.2 Å². The van der Waals surface area contributed by atoms with Crippen LogP contribution in [0.15, 0.2) is 0 Å². The summed E-state index contributed by atoms with van der Waals surface area (Å²) in [5, 5.41) is 2.52. The second-order valence-electron chi connectivity index (χ2n) is 3.42. The lowest BCUT2D eigenvalue weighted by molar-refractivity contribution is -0.153. The van der Waals surface area contributed by atoms with Gasteiger partial charge in [-0.1, -0.05) is 0 Å². The van der Waals surface area contributed by atoms with Gasteiger partial charge in [0.25, 0.3) is 5.91 Å². The third-order valence-electron chi connectivity index (χ3n) is 2.11. The number of amides is 1. The molecule has 0 aromatic carbocycles. The van der Waals surface area contributed by atoms with Crippen LogP contribution in [0, 0.1) is 0 Å². The maximum atomic E-state index is 11.6. The van der Waals surface area contributed by atoms with E-state index in [4.69, 9.17) is 14.2 Å². The quantitative estimate of drug-likeness (QED) is 0.658. The van der Waals surface area contributed by atoms with Crippen LogP contribution >= 0.6 is 0 Å². The molecule has 2 atom stereocenters. The first-order valence-electron chi connectivity index (χ1n) is 5.31. The Bertz CT molecular complexity index is 250. The second kappa shape index (κ2) is 6.44. The first kappa shape index (κ1) is 12.9. The highest BCUT2D eigenvalue weighted by Gasteiger charge is 2.26. The van der Waals surface area contributed by atoms with Crippen molar-refractivity contribution >= 4 is 11.9 Å². The Balaban J connectivity index is 2.34. The summed E-state index contributed by atoms with van der Waals surface area (Å²) in [6.07, 6.45) is -0.634. The number of esters is 1. The smallest absolute Gasteiger partial charge is 0.328 e. The largest absolute Gasteiger partial charge is 0.464 e. The van der Waals surface area contributed by atoms with Crippen molar-refractivity contribution in [2.24, 2.45) is 0 Å². The molecular formula is C10H17NO5. The van der Waals surface area contributed by atoms with Crippen LogP contribution in [-0.2, 0) is 23.8 Å². The Morgan fingerprint density at radius 3 is 2.81 bits per heavy atom. The summed E-state index contributed by atoms with van der Waals surface area (Å²) in [7, 11) is 0. The topological polar surface area (TPSA) is 73.9 Å². The number of carbonyl (C=O) groups is 2. The average molecular weight is 231 g/mol. The van der Waals surface area contributed by atoms with Crippen LogP contribution < -0.4 is 5.32 Å². The molecule has 1 rings (SSSR count). The summed E-state index contributed by atoms with van der Waals surface area (Å²) in [5.41, 5.74) is 0. The van der Waals surface area contributed by atoms with Gasteiger partial charge in [0.1, 0.15) is 6.04 Å². The van der Waals surface area contributed by atoms with Crippen molar-refractivity contribution < 1.29 is 23.8 Å². The van der Waals surface area contributed by atoms with Crippen molar-refractivity contribution in [3.8, 4) is 0 Å². The molecule has 2 unspecified atom stereocenters. The van der Waals surface area contributed by atoms with E-state index in [0.717, 1.165) is 0 Å². The van der Waals surface area contributed by atoms with Crippen LogP contribution in [0.5, 0.6) is 0 Å². The minimum Gasteiger partial charge on any atom is -0.464 e.